The van der Waals surface area contributed by atoms with Crippen molar-refractivity contribution >= 4 is 10.8 Å². The molecule has 0 bridgehead atoms. The molecule has 0 fully saturated rings. The van der Waals surface area contributed by atoms with Gasteiger partial charge in [0, 0.05) is 5.56 Å². The highest BCUT2D eigenvalue weighted by atomic mass is 16.3. The van der Waals surface area contributed by atoms with Gasteiger partial charge in [0.1, 0.15) is 11.9 Å². The molecule has 18 heavy (non-hydrogen) atoms. The van der Waals surface area contributed by atoms with Crippen molar-refractivity contribution in [3.63, 3.8) is 0 Å². The lowest BCUT2D eigenvalue weighted by atomic mass is 10.0. The van der Waals surface area contributed by atoms with Gasteiger partial charge in [-0.2, -0.15) is 0 Å². The maximum Gasteiger partial charge on any atom is 0.107 e. The van der Waals surface area contributed by atoms with E-state index < -0.39 is 6.10 Å². The van der Waals surface area contributed by atoms with Crippen LogP contribution in [0.5, 0.6) is 0 Å². The van der Waals surface area contributed by atoms with Crippen molar-refractivity contribution in [3.8, 4) is 0 Å². The smallest absolute Gasteiger partial charge is 0.107 e. The first-order valence-electron chi connectivity index (χ1n) is 5.96. The van der Waals surface area contributed by atoms with Crippen LogP contribution in [0.4, 0.5) is 0 Å². The van der Waals surface area contributed by atoms with Crippen molar-refractivity contribution in [2.24, 2.45) is 0 Å². The van der Waals surface area contributed by atoms with Crippen LogP contribution in [0.2, 0.25) is 0 Å². The Morgan fingerprint density at radius 2 is 1.72 bits per heavy atom. The van der Waals surface area contributed by atoms with Gasteiger partial charge in [0.15, 0.2) is 0 Å². The number of hydrogen-bond donors (Lipinski definition) is 1. The third kappa shape index (κ3) is 1.91. The molecule has 0 spiro atoms. The van der Waals surface area contributed by atoms with E-state index in [1.807, 2.05) is 49.4 Å². The van der Waals surface area contributed by atoms with Gasteiger partial charge in [0.25, 0.3) is 0 Å². The first-order chi connectivity index (χ1) is 8.74. The minimum atomic E-state index is -0.632. The fourth-order valence-electron chi connectivity index (χ4n) is 2.18. The number of aliphatic hydroxyl groups is 1. The maximum atomic E-state index is 10.3. The summed E-state index contributed by atoms with van der Waals surface area (Å²) in [4.78, 5) is 0. The van der Waals surface area contributed by atoms with Crippen LogP contribution < -0.4 is 0 Å². The third-order valence-electron chi connectivity index (χ3n) is 3.16. The average molecular weight is 238 g/mol. The van der Waals surface area contributed by atoms with Crippen LogP contribution in [0.15, 0.2) is 59.2 Å². The fourth-order valence-corrected chi connectivity index (χ4v) is 2.18. The Hall–Kier alpha value is -2.06. The summed E-state index contributed by atoms with van der Waals surface area (Å²) in [6, 6.07) is 16.0. The monoisotopic (exact) mass is 238 g/mol. The summed E-state index contributed by atoms with van der Waals surface area (Å²) < 4.78 is 5.23. The predicted molar refractivity (Wildman–Crippen MR) is 71.5 cm³/mol. The van der Waals surface area contributed by atoms with Crippen LogP contribution in [-0.4, -0.2) is 5.11 Å². The van der Waals surface area contributed by atoms with Crippen LogP contribution >= 0.6 is 0 Å². The molecule has 0 radical (unpaired) electrons. The molecule has 2 heteroatoms. The molecule has 1 N–H and O–H groups in total. The second kappa shape index (κ2) is 4.31. The van der Waals surface area contributed by atoms with Gasteiger partial charge in [-0.25, -0.2) is 0 Å². The van der Waals surface area contributed by atoms with Crippen molar-refractivity contribution < 1.29 is 9.52 Å². The zero-order valence-corrected chi connectivity index (χ0v) is 10.1. The molecule has 2 nitrogen and oxygen atoms in total. The molecule has 0 aliphatic carbocycles. The second-order valence-electron chi connectivity index (χ2n) is 4.50. The van der Waals surface area contributed by atoms with Gasteiger partial charge < -0.3 is 9.52 Å². The molecule has 0 aliphatic rings. The van der Waals surface area contributed by atoms with Crippen molar-refractivity contribution in [1.29, 1.82) is 0 Å². The Morgan fingerprint density at radius 1 is 0.944 bits per heavy atom. The third-order valence-corrected chi connectivity index (χ3v) is 3.16. The van der Waals surface area contributed by atoms with Crippen LogP contribution in [0.25, 0.3) is 10.8 Å². The molecule has 0 aliphatic heterocycles. The Morgan fingerprint density at radius 3 is 2.44 bits per heavy atom. The molecular formula is C16H14O2. The van der Waals surface area contributed by atoms with E-state index in [1.165, 1.54) is 5.39 Å². The molecular weight excluding hydrogens is 224 g/mol. The standard InChI is InChI=1S/C16H14O2/c1-11-8-15(10-18-11)16(17)14-7-6-12-4-2-3-5-13(12)9-14/h2-10,16-17H,1H3. The molecule has 1 aromatic heterocycles. The van der Waals surface area contributed by atoms with E-state index in [-0.39, 0.29) is 0 Å². The number of fused-ring (bicyclic) bond motifs is 1. The summed E-state index contributed by atoms with van der Waals surface area (Å²) in [5.74, 6) is 0.810. The van der Waals surface area contributed by atoms with Gasteiger partial charge in [0.2, 0.25) is 0 Å². The number of benzene rings is 2. The average Bonchev–Trinajstić information content (AvgIpc) is 2.84. The van der Waals surface area contributed by atoms with E-state index in [2.05, 4.69) is 6.07 Å². The molecule has 1 heterocycles. The molecule has 1 unspecified atom stereocenters. The van der Waals surface area contributed by atoms with Gasteiger partial charge in [-0.1, -0.05) is 36.4 Å². The lowest BCUT2D eigenvalue weighted by molar-refractivity contribution is 0.219. The second-order valence-corrected chi connectivity index (χ2v) is 4.50. The highest BCUT2D eigenvalue weighted by Gasteiger charge is 2.12. The number of rotatable bonds is 2. The van der Waals surface area contributed by atoms with E-state index >= 15 is 0 Å². The lowest BCUT2D eigenvalue weighted by Crippen LogP contribution is -1.97. The van der Waals surface area contributed by atoms with Crippen LogP contribution in [0.1, 0.15) is 23.0 Å². The van der Waals surface area contributed by atoms with Crippen molar-refractivity contribution in [3.05, 3.63) is 71.7 Å². The molecule has 1 atom stereocenters. The summed E-state index contributed by atoms with van der Waals surface area (Å²) >= 11 is 0. The van der Waals surface area contributed by atoms with Crippen LogP contribution in [0, 0.1) is 6.92 Å². The fraction of sp³-hybridized carbons (Fsp3) is 0.125. The zero-order chi connectivity index (χ0) is 12.5. The van der Waals surface area contributed by atoms with E-state index in [9.17, 15) is 5.11 Å². The summed E-state index contributed by atoms with van der Waals surface area (Å²) in [5, 5.41) is 12.6. The topological polar surface area (TPSA) is 33.4 Å². The summed E-state index contributed by atoms with van der Waals surface area (Å²) in [7, 11) is 0. The summed E-state index contributed by atoms with van der Waals surface area (Å²) in [6.07, 6.45) is 0.974. The maximum absolute atomic E-state index is 10.3. The van der Waals surface area contributed by atoms with Gasteiger partial charge in [0.05, 0.1) is 6.26 Å². The van der Waals surface area contributed by atoms with Crippen LogP contribution in [0.3, 0.4) is 0 Å². The van der Waals surface area contributed by atoms with Gasteiger partial charge in [-0.3, -0.25) is 0 Å². The van der Waals surface area contributed by atoms with E-state index in [0.717, 1.165) is 22.3 Å². The molecule has 3 rings (SSSR count). The van der Waals surface area contributed by atoms with E-state index in [1.54, 1.807) is 6.26 Å². The number of furan rings is 1. The number of aryl methyl sites for hydroxylation is 1. The summed E-state index contributed by atoms with van der Waals surface area (Å²) in [5.41, 5.74) is 1.68. The first kappa shape index (κ1) is 11.1. The largest absolute Gasteiger partial charge is 0.469 e. The van der Waals surface area contributed by atoms with Crippen molar-refractivity contribution in [2.75, 3.05) is 0 Å². The van der Waals surface area contributed by atoms with Gasteiger partial charge >= 0.3 is 0 Å². The Kier molecular flexibility index (Phi) is 2.65. The first-order valence-corrected chi connectivity index (χ1v) is 5.96. The number of aliphatic hydroxyl groups excluding tert-OH is 1. The Bertz CT molecular complexity index is 682. The molecule has 0 amide bonds. The molecule has 2 aromatic carbocycles. The minimum Gasteiger partial charge on any atom is -0.469 e. The SMILES string of the molecule is Cc1cc(C(O)c2ccc3ccccc3c2)co1. The van der Waals surface area contributed by atoms with Crippen molar-refractivity contribution in [1.82, 2.24) is 0 Å². The van der Waals surface area contributed by atoms with Crippen molar-refractivity contribution in [2.45, 2.75) is 13.0 Å². The zero-order valence-electron chi connectivity index (χ0n) is 10.1. The molecule has 0 saturated carbocycles. The van der Waals surface area contributed by atoms with E-state index in [0.29, 0.717) is 0 Å². The van der Waals surface area contributed by atoms with Gasteiger partial charge in [-0.15, -0.1) is 0 Å². The molecule has 0 saturated heterocycles. The Balaban J connectivity index is 2.03. The normalized spacial score (nSPS) is 12.8. The highest BCUT2D eigenvalue weighted by Crippen LogP contribution is 2.26. The molecule has 3 aromatic rings. The van der Waals surface area contributed by atoms with Gasteiger partial charge in [-0.05, 0) is 35.4 Å². The van der Waals surface area contributed by atoms with Crippen LogP contribution in [-0.2, 0) is 0 Å². The van der Waals surface area contributed by atoms with E-state index in [4.69, 9.17) is 4.42 Å². The highest BCUT2D eigenvalue weighted by molar-refractivity contribution is 5.83. The lowest BCUT2D eigenvalue weighted by Gasteiger charge is -2.09. The minimum absolute atomic E-state index is 0.632. The Labute approximate surface area is 105 Å². The molecule has 90 valence electrons. The summed E-state index contributed by atoms with van der Waals surface area (Å²) in [6.45, 7) is 1.87. The number of hydrogen-bond acceptors (Lipinski definition) is 2. The predicted octanol–water partition coefficient (Wildman–Crippen LogP) is 3.82. The quantitative estimate of drug-likeness (QED) is 0.736.